The predicted octanol–water partition coefficient (Wildman–Crippen LogP) is -3.60. The summed E-state index contributed by atoms with van der Waals surface area (Å²) < 4.78 is 0. The zero-order valence-corrected chi connectivity index (χ0v) is 8.95. The molecular weight excluding hydrogens is 214 g/mol. The fourth-order valence-electron chi connectivity index (χ4n) is 1.94. The first-order valence-electron chi connectivity index (χ1n) is 4.68. The smallest absolute Gasteiger partial charge is 0.142 e. The van der Waals surface area contributed by atoms with Crippen molar-refractivity contribution in [2.45, 2.75) is 21.7 Å². The van der Waals surface area contributed by atoms with Gasteiger partial charge in [-0.15, -0.1) is 0 Å². The summed E-state index contributed by atoms with van der Waals surface area (Å²) in [4.78, 5) is 10.2. The molecule has 0 bridgehead atoms. The molecule has 4 nitrogen and oxygen atoms in total. The predicted molar refractivity (Wildman–Crippen MR) is 65.0 cm³/mol. The molecule has 78 valence electrons. The number of carbonyl (C=O) groups is 1. The molecule has 0 amide bonds. The third kappa shape index (κ3) is 1.59. The number of hydrogen-bond donors (Lipinski definition) is 3. The van der Waals surface area contributed by atoms with Crippen LogP contribution in [-0.2, 0) is 4.79 Å². The van der Waals surface area contributed by atoms with Crippen molar-refractivity contribution in [2.75, 3.05) is 0 Å². The van der Waals surface area contributed by atoms with Crippen LogP contribution in [0.1, 0.15) is 0 Å². The molecule has 17 heavy (non-hydrogen) atoms. The second-order valence-corrected chi connectivity index (χ2v) is 4.29. The Balaban J connectivity index is 3.41. The normalized spacial score (nSPS) is 49.5. The van der Waals surface area contributed by atoms with E-state index in [1.807, 2.05) is 0 Å². The molecule has 0 saturated heterocycles. The average Bonchev–Trinajstić information content (AvgIpc) is 2.21. The van der Waals surface area contributed by atoms with Gasteiger partial charge >= 0.3 is 0 Å². The van der Waals surface area contributed by atoms with Crippen LogP contribution in [0.2, 0.25) is 5.21 Å². The van der Waals surface area contributed by atoms with Crippen molar-refractivity contribution in [2.24, 2.45) is 5.92 Å². The van der Waals surface area contributed by atoms with Crippen LogP contribution in [0.4, 0.5) is 0 Å². The molecule has 10 radical (unpaired) electrons. The second-order valence-electron chi connectivity index (χ2n) is 4.29. The Morgan fingerprint density at radius 3 is 1.71 bits per heavy atom. The van der Waals surface area contributed by atoms with E-state index in [1.165, 1.54) is 0 Å². The Morgan fingerprint density at radius 1 is 0.941 bits per heavy atom. The number of rotatable bonds is 2. The minimum atomic E-state index is -2.86. The second kappa shape index (κ2) is 3.80. The Kier molecular flexibility index (Phi) is 3.28. The average molecular weight is 221 g/mol. The van der Waals surface area contributed by atoms with Crippen molar-refractivity contribution in [1.29, 1.82) is 0 Å². The number of aliphatic hydroxyl groups is 3. The molecule has 1 saturated carbocycles. The van der Waals surface area contributed by atoms with E-state index in [1.54, 1.807) is 0 Å². The lowest BCUT2D eigenvalue weighted by molar-refractivity contribution is -0.104. The van der Waals surface area contributed by atoms with Crippen LogP contribution in [0.25, 0.3) is 0 Å². The molecule has 1 aliphatic carbocycles. The van der Waals surface area contributed by atoms with Crippen LogP contribution < -0.4 is 0 Å². The summed E-state index contributed by atoms with van der Waals surface area (Å²) in [5, 5.41) is 27.3. The summed E-state index contributed by atoms with van der Waals surface area (Å²) >= 11 is 0. The minimum absolute atomic E-state index is 0.371. The summed E-state index contributed by atoms with van der Waals surface area (Å²) in [6.45, 7) is 0. The van der Waals surface area contributed by atoms with Crippen molar-refractivity contribution < 1.29 is 20.1 Å². The maximum Gasteiger partial charge on any atom is 0.142 e. The molecular formula is C8H7B5O4. The summed E-state index contributed by atoms with van der Waals surface area (Å²) in [5.41, 5.74) is -8.23. The minimum Gasteiger partial charge on any atom is -0.399 e. The number of hydrogen-bond acceptors (Lipinski definition) is 4. The molecule has 0 aromatic carbocycles. The van der Waals surface area contributed by atoms with E-state index in [-0.39, 0.29) is 0 Å². The zero-order chi connectivity index (χ0) is 13.7. The van der Waals surface area contributed by atoms with E-state index in [9.17, 15) is 20.1 Å². The highest BCUT2D eigenvalue weighted by Gasteiger charge is 2.69. The van der Waals surface area contributed by atoms with Crippen LogP contribution >= 0.6 is 0 Å². The first-order valence-corrected chi connectivity index (χ1v) is 4.68. The molecule has 1 fully saturated rings. The van der Waals surface area contributed by atoms with Gasteiger partial charge in [-0.05, 0) is 12.0 Å². The summed E-state index contributed by atoms with van der Waals surface area (Å²) in [6, 6.07) is 0. The van der Waals surface area contributed by atoms with Gasteiger partial charge in [-0.1, -0.05) is 11.3 Å². The van der Waals surface area contributed by atoms with Gasteiger partial charge in [-0.2, -0.15) is 0 Å². The number of allylic oxidation sites excluding steroid dienone is 1. The van der Waals surface area contributed by atoms with Gasteiger partial charge in [0.05, 0.1) is 26.7 Å². The van der Waals surface area contributed by atoms with E-state index in [0.717, 1.165) is 12.2 Å². The van der Waals surface area contributed by atoms with E-state index < -0.39 is 27.6 Å². The third-order valence-corrected chi connectivity index (χ3v) is 3.22. The Morgan fingerprint density at radius 2 is 1.41 bits per heavy atom. The molecule has 1 rings (SSSR count). The SMILES string of the molecule is [B]C1([B])C(/C=C/C=O)C([B])(O)C([B])(O)C1([B])O. The first kappa shape index (κ1) is 14.7. The molecule has 0 aliphatic heterocycles. The molecule has 9 heteroatoms. The molecule has 0 aromatic rings. The van der Waals surface area contributed by atoms with Crippen LogP contribution in [-0.4, -0.2) is 77.3 Å². The lowest BCUT2D eigenvalue weighted by Crippen LogP contribution is -2.65. The monoisotopic (exact) mass is 222 g/mol. The Labute approximate surface area is 106 Å². The van der Waals surface area contributed by atoms with Gasteiger partial charge in [-0.25, -0.2) is 0 Å². The van der Waals surface area contributed by atoms with Crippen LogP contribution in [0.5, 0.6) is 0 Å². The fourth-order valence-corrected chi connectivity index (χ4v) is 1.94. The van der Waals surface area contributed by atoms with Gasteiger partial charge in [0.15, 0.2) is 0 Å². The van der Waals surface area contributed by atoms with Gasteiger partial charge in [-0.3, -0.25) is 4.79 Å². The maximum absolute atomic E-state index is 10.2. The largest absolute Gasteiger partial charge is 0.399 e. The van der Waals surface area contributed by atoms with Gasteiger partial charge < -0.3 is 15.3 Å². The highest BCUT2D eigenvalue weighted by molar-refractivity contribution is 6.49. The topological polar surface area (TPSA) is 77.8 Å². The molecule has 4 atom stereocenters. The lowest BCUT2D eigenvalue weighted by Gasteiger charge is -2.45. The quantitative estimate of drug-likeness (QED) is 0.256. The molecule has 4 unspecified atom stereocenters. The van der Waals surface area contributed by atoms with Gasteiger partial charge in [0.2, 0.25) is 0 Å². The lowest BCUT2D eigenvalue weighted by atomic mass is 9.37. The van der Waals surface area contributed by atoms with Gasteiger partial charge in [0, 0.05) is 5.50 Å². The maximum atomic E-state index is 10.2. The van der Waals surface area contributed by atoms with Crippen molar-refractivity contribution in [3.8, 4) is 0 Å². The van der Waals surface area contributed by atoms with Crippen LogP contribution in [0, 0.1) is 5.92 Å². The molecule has 0 heterocycles. The number of aldehydes is 1. The van der Waals surface area contributed by atoms with E-state index in [0.29, 0.717) is 6.29 Å². The molecule has 0 aromatic heterocycles. The van der Waals surface area contributed by atoms with Gasteiger partial charge in [0.1, 0.15) is 29.8 Å². The third-order valence-electron chi connectivity index (χ3n) is 3.22. The van der Waals surface area contributed by atoms with Crippen LogP contribution in [0.3, 0.4) is 0 Å². The fraction of sp³-hybridized carbons (Fsp3) is 0.625. The summed E-state index contributed by atoms with van der Waals surface area (Å²) in [6.07, 6.45) is 2.32. The van der Waals surface area contributed by atoms with Crippen molar-refractivity contribution in [1.82, 2.24) is 0 Å². The Bertz CT molecular complexity index is 337. The van der Waals surface area contributed by atoms with Crippen molar-refractivity contribution >= 4 is 45.5 Å². The Hall–Kier alpha value is -0.385. The van der Waals surface area contributed by atoms with E-state index in [4.69, 9.17) is 39.2 Å². The standard InChI is InChI=1S/C8H7B5O4/c9-5(10)4(2-1-3-14)6(11,15)8(13,17)7(5,12)16/h1-4,15-17H/b2-1+. The zero-order valence-electron chi connectivity index (χ0n) is 8.95. The summed E-state index contributed by atoms with van der Waals surface area (Å²) in [5.74, 6) is -1.44. The number of carbonyl (C=O) groups excluding carboxylic acids is 1. The molecule has 1 aliphatic rings. The van der Waals surface area contributed by atoms with Gasteiger partial charge in [0.25, 0.3) is 0 Å². The van der Waals surface area contributed by atoms with E-state index in [2.05, 4.69) is 0 Å². The van der Waals surface area contributed by atoms with Crippen molar-refractivity contribution in [3.05, 3.63) is 12.2 Å². The van der Waals surface area contributed by atoms with Crippen LogP contribution in [0.15, 0.2) is 12.2 Å². The molecule has 3 N–H and O–H groups in total. The highest BCUT2D eigenvalue weighted by atomic mass is 16.4. The van der Waals surface area contributed by atoms with E-state index >= 15 is 0 Å². The van der Waals surface area contributed by atoms with Crippen molar-refractivity contribution in [3.63, 3.8) is 0 Å². The summed E-state index contributed by atoms with van der Waals surface area (Å²) in [7, 11) is 27.1. The highest BCUT2D eigenvalue weighted by Crippen LogP contribution is 2.58. The molecule has 0 spiro atoms. The first-order chi connectivity index (χ1) is 7.44.